The smallest absolute Gasteiger partial charge is 0.201 e. The van der Waals surface area contributed by atoms with E-state index in [1.165, 1.54) is 0 Å². The second kappa shape index (κ2) is 3.12. The molecule has 1 fully saturated rings. The second-order valence-electron chi connectivity index (χ2n) is 4.43. The van der Waals surface area contributed by atoms with E-state index in [0.29, 0.717) is 11.6 Å². The molecule has 2 aromatic rings. The lowest BCUT2D eigenvalue weighted by Gasteiger charge is -2.12. The zero-order valence-electron chi connectivity index (χ0n) is 8.83. The molecule has 84 valence electrons. The molecule has 0 saturated heterocycles. The number of nitrogens with two attached hydrogens (primary N) is 1. The first-order valence-electron chi connectivity index (χ1n) is 5.35. The number of imidazole rings is 1. The van der Waals surface area contributed by atoms with Crippen LogP contribution in [0.25, 0.3) is 11.0 Å². The monoisotopic (exact) mass is 218 g/mol. The van der Waals surface area contributed by atoms with E-state index in [-0.39, 0.29) is 12.1 Å². The van der Waals surface area contributed by atoms with E-state index < -0.39 is 0 Å². The van der Waals surface area contributed by atoms with Crippen molar-refractivity contribution in [2.24, 2.45) is 0 Å². The fraction of sp³-hybridized carbons (Fsp3) is 0.364. The first kappa shape index (κ1) is 9.47. The van der Waals surface area contributed by atoms with Crippen LogP contribution in [0.2, 0.25) is 0 Å². The number of anilines is 2. The van der Waals surface area contributed by atoms with Crippen LogP contribution in [0.4, 0.5) is 11.6 Å². The van der Waals surface area contributed by atoms with Gasteiger partial charge in [-0.3, -0.25) is 0 Å². The lowest BCUT2D eigenvalue weighted by atomic mass is 10.3. The maximum atomic E-state index is 9.21. The Balaban J connectivity index is 1.93. The number of hydrogen-bond donors (Lipinski definition) is 4. The number of nitrogens with one attached hydrogen (secondary N) is 2. The van der Waals surface area contributed by atoms with Gasteiger partial charge in [-0.25, -0.2) is 4.98 Å². The molecular formula is C11H14N4O. The molecule has 0 bridgehead atoms. The molecule has 0 radical (unpaired) electrons. The van der Waals surface area contributed by atoms with Crippen molar-refractivity contribution in [3.8, 4) is 0 Å². The number of aliphatic hydroxyl groups is 1. The summed E-state index contributed by atoms with van der Waals surface area (Å²) in [4.78, 5) is 7.55. The van der Waals surface area contributed by atoms with E-state index in [0.717, 1.165) is 23.9 Å². The zero-order chi connectivity index (χ0) is 11.2. The summed E-state index contributed by atoms with van der Waals surface area (Å²) in [6, 6.07) is 5.56. The normalized spacial score (nSPS) is 17.6. The average molecular weight is 218 g/mol. The van der Waals surface area contributed by atoms with Gasteiger partial charge in [0, 0.05) is 5.69 Å². The molecule has 16 heavy (non-hydrogen) atoms. The minimum atomic E-state index is -0.153. The van der Waals surface area contributed by atoms with Crippen LogP contribution in [0.1, 0.15) is 12.8 Å². The highest BCUT2D eigenvalue weighted by molar-refractivity contribution is 5.80. The quantitative estimate of drug-likeness (QED) is 0.581. The Labute approximate surface area is 92.7 Å². The van der Waals surface area contributed by atoms with E-state index >= 15 is 0 Å². The van der Waals surface area contributed by atoms with Gasteiger partial charge in [-0.1, -0.05) is 0 Å². The Bertz CT molecular complexity index is 530. The largest absolute Gasteiger partial charge is 0.399 e. The highest BCUT2D eigenvalue weighted by Crippen LogP contribution is 2.37. The Morgan fingerprint density at radius 3 is 3.00 bits per heavy atom. The highest BCUT2D eigenvalue weighted by atomic mass is 16.3. The Morgan fingerprint density at radius 2 is 2.31 bits per heavy atom. The summed E-state index contributed by atoms with van der Waals surface area (Å²) in [5, 5.41) is 12.4. The predicted molar refractivity (Wildman–Crippen MR) is 63.2 cm³/mol. The lowest BCUT2D eigenvalue weighted by molar-refractivity contribution is 0.265. The molecule has 1 saturated carbocycles. The van der Waals surface area contributed by atoms with Crippen LogP contribution >= 0.6 is 0 Å². The van der Waals surface area contributed by atoms with E-state index in [9.17, 15) is 5.11 Å². The van der Waals surface area contributed by atoms with E-state index in [1.54, 1.807) is 0 Å². The van der Waals surface area contributed by atoms with Crippen molar-refractivity contribution in [1.82, 2.24) is 9.97 Å². The number of aromatic amines is 1. The van der Waals surface area contributed by atoms with Gasteiger partial charge in [-0.15, -0.1) is 0 Å². The van der Waals surface area contributed by atoms with Crippen molar-refractivity contribution in [1.29, 1.82) is 0 Å². The Morgan fingerprint density at radius 1 is 1.50 bits per heavy atom. The summed E-state index contributed by atoms with van der Waals surface area (Å²) >= 11 is 0. The maximum Gasteiger partial charge on any atom is 0.201 e. The minimum Gasteiger partial charge on any atom is -0.399 e. The van der Waals surface area contributed by atoms with Gasteiger partial charge in [-0.05, 0) is 31.0 Å². The van der Waals surface area contributed by atoms with Crippen molar-refractivity contribution in [3.05, 3.63) is 18.2 Å². The van der Waals surface area contributed by atoms with Crippen LogP contribution in [0.15, 0.2) is 18.2 Å². The van der Waals surface area contributed by atoms with Crippen LogP contribution in [-0.4, -0.2) is 27.2 Å². The zero-order valence-corrected chi connectivity index (χ0v) is 8.83. The first-order chi connectivity index (χ1) is 7.71. The van der Waals surface area contributed by atoms with Crippen LogP contribution in [0, 0.1) is 0 Å². The number of aromatic nitrogens is 2. The summed E-state index contributed by atoms with van der Waals surface area (Å²) < 4.78 is 0. The molecule has 0 atom stereocenters. The van der Waals surface area contributed by atoms with Gasteiger partial charge in [-0.2, -0.15) is 0 Å². The molecule has 0 unspecified atom stereocenters. The van der Waals surface area contributed by atoms with Gasteiger partial charge in [0.05, 0.1) is 23.2 Å². The summed E-state index contributed by atoms with van der Waals surface area (Å²) in [6.07, 6.45) is 1.98. The SMILES string of the molecule is Nc1ccc2nc(NC3(CO)CC3)[nH]c2c1. The molecule has 5 nitrogen and oxygen atoms in total. The molecule has 1 aromatic heterocycles. The molecule has 3 rings (SSSR count). The van der Waals surface area contributed by atoms with Gasteiger partial charge < -0.3 is 21.1 Å². The third-order valence-electron chi connectivity index (χ3n) is 3.05. The number of aliphatic hydroxyl groups excluding tert-OH is 1. The summed E-state index contributed by atoms with van der Waals surface area (Å²) in [6.45, 7) is 0.145. The summed E-state index contributed by atoms with van der Waals surface area (Å²) in [5.74, 6) is 0.701. The fourth-order valence-corrected chi connectivity index (χ4v) is 1.81. The van der Waals surface area contributed by atoms with Gasteiger partial charge in [0.1, 0.15) is 0 Å². The number of benzene rings is 1. The van der Waals surface area contributed by atoms with Crippen LogP contribution in [0.5, 0.6) is 0 Å². The standard InChI is InChI=1S/C11H14N4O/c12-7-1-2-8-9(5-7)14-10(13-8)15-11(6-16)3-4-11/h1-2,5,16H,3-4,6,12H2,(H2,13,14,15). The maximum absolute atomic E-state index is 9.21. The summed E-state index contributed by atoms with van der Waals surface area (Å²) in [5.41, 5.74) is 8.04. The number of rotatable bonds is 3. The topological polar surface area (TPSA) is 87.0 Å². The molecule has 0 spiro atoms. The number of nitrogen functional groups attached to an aromatic ring is 1. The van der Waals surface area contributed by atoms with Crippen LogP contribution in [-0.2, 0) is 0 Å². The molecule has 5 heteroatoms. The fourth-order valence-electron chi connectivity index (χ4n) is 1.81. The van der Waals surface area contributed by atoms with Crippen molar-refractivity contribution in [2.75, 3.05) is 17.7 Å². The summed E-state index contributed by atoms with van der Waals surface area (Å²) in [7, 11) is 0. The van der Waals surface area contributed by atoms with Gasteiger partial charge >= 0.3 is 0 Å². The third-order valence-corrected chi connectivity index (χ3v) is 3.05. The number of fused-ring (bicyclic) bond motifs is 1. The van der Waals surface area contributed by atoms with Gasteiger partial charge in [0.25, 0.3) is 0 Å². The highest BCUT2D eigenvalue weighted by Gasteiger charge is 2.42. The Kier molecular flexibility index (Phi) is 1.85. The molecule has 1 heterocycles. The Hall–Kier alpha value is -1.75. The third kappa shape index (κ3) is 1.49. The van der Waals surface area contributed by atoms with Crippen molar-refractivity contribution < 1.29 is 5.11 Å². The van der Waals surface area contributed by atoms with Crippen LogP contribution in [0.3, 0.4) is 0 Å². The number of hydrogen-bond acceptors (Lipinski definition) is 4. The van der Waals surface area contributed by atoms with Crippen molar-refractivity contribution >= 4 is 22.7 Å². The molecule has 1 aromatic carbocycles. The predicted octanol–water partition coefficient (Wildman–Crippen LogP) is 1.08. The molecule has 1 aliphatic carbocycles. The number of H-pyrrole nitrogens is 1. The minimum absolute atomic E-state index is 0.145. The molecule has 0 amide bonds. The molecular weight excluding hydrogens is 204 g/mol. The van der Waals surface area contributed by atoms with Crippen molar-refractivity contribution in [2.45, 2.75) is 18.4 Å². The molecule has 0 aliphatic heterocycles. The number of nitrogens with zero attached hydrogens (tertiary/aromatic N) is 1. The lowest BCUT2D eigenvalue weighted by Crippen LogP contribution is -2.26. The van der Waals surface area contributed by atoms with E-state index in [2.05, 4.69) is 15.3 Å². The average Bonchev–Trinajstić information content (AvgIpc) is 2.92. The van der Waals surface area contributed by atoms with Gasteiger partial charge in [0.15, 0.2) is 0 Å². The second-order valence-corrected chi connectivity index (χ2v) is 4.43. The first-order valence-corrected chi connectivity index (χ1v) is 5.35. The van der Waals surface area contributed by atoms with E-state index in [4.69, 9.17) is 5.73 Å². The van der Waals surface area contributed by atoms with Crippen molar-refractivity contribution in [3.63, 3.8) is 0 Å². The van der Waals surface area contributed by atoms with E-state index in [1.807, 2.05) is 18.2 Å². The van der Waals surface area contributed by atoms with Crippen LogP contribution < -0.4 is 11.1 Å². The molecule has 1 aliphatic rings. The molecule has 5 N–H and O–H groups in total. The van der Waals surface area contributed by atoms with Gasteiger partial charge in [0.2, 0.25) is 5.95 Å².